The molecule has 0 heterocycles. The van der Waals surface area contributed by atoms with Gasteiger partial charge in [0.15, 0.2) is 0 Å². The number of phenols is 1. The van der Waals surface area contributed by atoms with Crippen molar-refractivity contribution in [2.24, 2.45) is 0 Å². The molecule has 4 heteroatoms. The Balaban J connectivity index is 3.38. The third-order valence-corrected chi connectivity index (χ3v) is 1.65. The zero-order chi connectivity index (χ0) is 10.2. The topological polar surface area (TPSA) is 40.5 Å². The molecular weight excluding hydrogens is 178 g/mol. The van der Waals surface area contributed by atoms with E-state index >= 15 is 0 Å². The van der Waals surface area contributed by atoms with Crippen LogP contribution in [0.3, 0.4) is 0 Å². The summed E-state index contributed by atoms with van der Waals surface area (Å²) < 4.78 is 25.6. The number of hydrogen-bond donors (Lipinski definition) is 2. The van der Waals surface area contributed by atoms with E-state index in [1.54, 1.807) is 0 Å². The zero-order valence-corrected chi connectivity index (χ0v) is 7.31. The Morgan fingerprint density at radius 3 is 2.15 bits per heavy atom. The predicted octanol–water partition coefficient (Wildman–Crippen LogP) is 1.90. The minimum Gasteiger partial charge on any atom is -0.507 e. The van der Waals surface area contributed by atoms with Gasteiger partial charge in [0.2, 0.25) is 0 Å². The van der Waals surface area contributed by atoms with Crippen LogP contribution in [0.15, 0.2) is 12.1 Å². The summed E-state index contributed by atoms with van der Waals surface area (Å²) in [5, 5.41) is 18.6. The smallest absolute Gasteiger partial charge is 0.135 e. The van der Waals surface area contributed by atoms with Crippen LogP contribution in [0.4, 0.5) is 8.78 Å². The molecule has 0 atom stereocenters. The van der Waals surface area contributed by atoms with Crippen molar-refractivity contribution in [2.75, 3.05) is 0 Å². The summed E-state index contributed by atoms with van der Waals surface area (Å²) >= 11 is 0. The molecule has 13 heavy (non-hydrogen) atoms. The van der Waals surface area contributed by atoms with E-state index in [0.717, 1.165) is 6.07 Å². The molecule has 1 aromatic carbocycles. The number of phenolic OH excluding ortho intramolecular Hbond substituents is 1. The van der Waals surface area contributed by atoms with Crippen LogP contribution in [-0.4, -0.2) is 10.2 Å². The van der Waals surface area contributed by atoms with Crippen LogP contribution in [0.1, 0.15) is 19.4 Å². The molecule has 0 bridgehead atoms. The first-order valence-electron chi connectivity index (χ1n) is 3.73. The molecule has 0 fully saturated rings. The van der Waals surface area contributed by atoms with Gasteiger partial charge >= 0.3 is 0 Å². The SMILES string of the molecule is CC(C)(O)c1c(O)cc(F)cc1F. The average molecular weight is 188 g/mol. The van der Waals surface area contributed by atoms with Gasteiger partial charge in [-0.25, -0.2) is 8.78 Å². The van der Waals surface area contributed by atoms with Gasteiger partial charge < -0.3 is 10.2 Å². The first-order valence-corrected chi connectivity index (χ1v) is 3.73. The molecule has 0 spiro atoms. The summed E-state index contributed by atoms with van der Waals surface area (Å²) in [5.74, 6) is -2.40. The summed E-state index contributed by atoms with van der Waals surface area (Å²) in [6.45, 7) is 2.62. The summed E-state index contributed by atoms with van der Waals surface area (Å²) in [4.78, 5) is 0. The zero-order valence-electron chi connectivity index (χ0n) is 7.31. The summed E-state index contributed by atoms with van der Waals surface area (Å²) in [6, 6.07) is 1.38. The molecule has 0 aliphatic carbocycles. The standard InChI is InChI=1S/C9H10F2O2/c1-9(2,13)8-6(11)3-5(10)4-7(8)12/h3-4,12-13H,1-2H3. The maximum Gasteiger partial charge on any atom is 0.135 e. The highest BCUT2D eigenvalue weighted by molar-refractivity contribution is 5.37. The number of aromatic hydroxyl groups is 1. The highest BCUT2D eigenvalue weighted by Gasteiger charge is 2.25. The lowest BCUT2D eigenvalue weighted by molar-refractivity contribution is 0.0714. The number of aliphatic hydroxyl groups is 1. The second-order valence-corrected chi connectivity index (χ2v) is 3.34. The van der Waals surface area contributed by atoms with Crippen LogP contribution in [0, 0.1) is 11.6 Å². The third-order valence-electron chi connectivity index (χ3n) is 1.65. The third kappa shape index (κ3) is 1.95. The minimum absolute atomic E-state index is 0.297. The van der Waals surface area contributed by atoms with Gasteiger partial charge in [0.1, 0.15) is 17.4 Å². The van der Waals surface area contributed by atoms with Crippen LogP contribution in [0.5, 0.6) is 5.75 Å². The first-order chi connectivity index (χ1) is 5.82. The van der Waals surface area contributed by atoms with E-state index in [-0.39, 0.29) is 5.56 Å². The molecule has 0 aliphatic heterocycles. The summed E-state index contributed by atoms with van der Waals surface area (Å²) in [6.07, 6.45) is 0. The lowest BCUT2D eigenvalue weighted by Crippen LogP contribution is -2.18. The van der Waals surface area contributed by atoms with Gasteiger partial charge in [-0.3, -0.25) is 0 Å². The van der Waals surface area contributed by atoms with Crippen LogP contribution < -0.4 is 0 Å². The van der Waals surface area contributed by atoms with Crippen molar-refractivity contribution in [1.82, 2.24) is 0 Å². The summed E-state index contributed by atoms with van der Waals surface area (Å²) in [7, 11) is 0. The Kier molecular flexibility index (Phi) is 2.26. The van der Waals surface area contributed by atoms with E-state index in [1.165, 1.54) is 13.8 Å². The Morgan fingerprint density at radius 2 is 1.77 bits per heavy atom. The molecule has 1 aromatic rings. The fourth-order valence-corrected chi connectivity index (χ4v) is 1.17. The van der Waals surface area contributed by atoms with Gasteiger partial charge in [0.05, 0.1) is 11.2 Å². The maximum atomic E-state index is 13.0. The molecule has 1 rings (SSSR count). The van der Waals surface area contributed by atoms with E-state index in [0.29, 0.717) is 6.07 Å². The van der Waals surface area contributed by atoms with Crippen molar-refractivity contribution in [3.8, 4) is 5.75 Å². The van der Waals surface area contributed by atoms with E-state index in [1.807, 2.05) is 0 Å². The van der Waals surface area contributed by atoms with Gasteiger partial charge in [-0.15, -0.1) is 0 Å². The molecule has 2 N–H and O–H groups in total. The Labute approximate surface area is 74.4 Å². The van der Waals surface area contributed by atoms with Gasteiger partial charge in [-0.1, -0.05) is 0 Å². The van der Waals surface area contributed by atoms with E-state index in [2.05, 4.69) is 0 Å². The van der Waals surface area contributed by atoms with Crippen LogP contribution in [0.25, 0.3) is 0 Å². The van der Waals surface area contributed by atoms with Crippen LogP contribution in [-0.2, 0) is 5.60 Å². The molecule has 0 aromatic heterocycles. The lowest BCUT2D eigenvalue weighted by Gasteiger charge is -2.19. The van der Waals surface area contributed by atoms with Gasteiger partial charge in [-0.05, 0) is 13.8 Å². The number of halogens is 2. The molecule has 0 aliphatic rings. The quantitative estimate of drug-likeness (QED) is 0.706. The predicted molar refractivity (Wildman–Crippen MR) is 43.3 cm³/mol. The van der Waals surface area contributed by atoms with Gasteiger partial charge in [0.25, 0.3) is 0 Å². The number of hydrogen-bond acceptors (Lipinski definition) is 2. The van der Waals surface area contributed by atoms with E-state index in [4.69, 9.17) is 5.11 Å². The molecule has 72 valence electrons. The molecule has 0 amide bonds. The fourth-order valence-electron chi connectivity index (χ4n) is 1.17. The highest BCUT2D eigenvalue weighted by atomic mass is 19.1. The molecule has 0 radical (unpaired) electrons. The van der Waals surface area contributed by atoms with E-state index in [9.17, 15) is 13.9 Å². The Hall–Kier alpha value is -1.16. The number of rotatable bonds is 1. The molecule has 0 saturated carbocycles. The van der Waals surface area contributed by atoms with Gasteiger partial charge in [-0.2, -0.15) is 0 Å². The molecule has 0 unspecified atom stereocenters. The largest absolute Gasteiger partial charge is 0.507 e. The minimum atomic E-state index is -1.53. The Bertz CT molecular complexity index is 306. The van der Waals surface area contributed by atoms with Gasteiger partial charge in [0, 0.05) is 12.1 Å². The fraction of sp³-hybridized carbons (Fsp3) is 0.333. The number of benzene rings is 1. The molecule has 2 nitrogen and oxygen atoms in total. The second-order valence-electron chi connectivity index (χ2n) is 3.34. The highest BCUT2D eigenvalue weighted by Crippen LogP contribution is 2.31. The molecular formula is C9H10F2O2. The summed E-state index contributed by atoms with van der Waals surface area (Å²) in [5.41, 5.74) is -1.82. The molecule has 0 saturated heterocycles. The lowest BCUT2D eigenvalue weighted by atomic mass is 9.97. The van der Waals surface area contributed by atoms with Crippen molar-refractivity contribution in [3.05, 3.63) is 29.3 Å². The second kappa shape index (κ2) is 2.96. The van der Waals surface area contributed by atoms with E-state index < -0.39 is 23.0 Å². The monoisotopic (exact) mass is 188 g/mol. The average Bonchev–Trinajstić information content (AvgIpc) is 1.78. The van der Waals surface area contributed by atoms with Crippen molar-refractivity contribution >= 4 is 0 Å². The van der Waals surface area contributed by atoms with Crippen molar-refractivity contribution in [2.45, 2.75) is 19.4 Å². The van der Waals surface area contributed by atoms with Crippen molar-refractivity contribution < 1.29 is 19.0 Å². The maximum absolute atomic E-state index is 13.0. The Morgan fingerprint density at radius 1 is 1.23 bits per heavy atom. The van der Waals surface area contributed by atoms with Crippen molar-refractivity contribution in [3.63, 3.8) is 0 Å². The van der Waals surface area contributed by atoms with Crippen LogP contribution >= 0.6 is 0 Å². The first kappa shape index (κ1) is 9.92. The van der Waals surface area contributed by atoms with Crippen LogP contribution in [0.2, 0.25) is 0 Å². The normalized spacial score (nSPS) is 11.8. The van der Waals surface area contributed by atoms with Crippen molar-refractivity contribution in [1.29, 1.82) is 0 Å².